The lowest BCUT2D eigenvalue weighted by Crippen LogP contribution is -2.30. The minimum absolute atomic E-state index is 0.0475. The van der Waals surface area contributed by atoms with Crippen LogP contribution in [0.25, 0.3) is 0 Å². The zero-order valence-electron chi connectivity index (χ0n) is 11.7. The van der Waals surface area contributed by atoms with Crippen molar-refractivity contribution in [2.75, 3.05) is 5.32 Å². The second-order valence-corrected chi connectivity index (χ2v) is 4.92. The highest BCUT2D eigenvalue weighted by molar-refractivity contribution is 6.30. The number of carbonyl (C=O) groups is 1. The highest BCUT2D eigenvalue weighted by atomic mass is 35.5. The van der Waals surface area contributed by atoms with Crippen LogP contribution in [0.4, 0.5) is 11.4 Å². The van der Waals surface area contributed by atoms with E-state index in [0.29, 0.717) is 10.7 Å². The van der Waals surface area contributed by atoms with E-state index in [2.05, 4.69) is 5.32 Å². The molecular weight excluding hydrogens is 308 g/mol. The lowest BCUT2D eigenvalue weighted by atomic mass is 10.2. The number of hydrogen-bond donors (Lipinski definition) is 1. The molecule has 0 unspecified atom stereocenters. The molecule has 2 aromatic carbocycles. The third kappa shape index (κ3) is 3.95. The van der Waals surface area contributed by atoms with E-state index in [1.165, 1.54) is 25.1 Å². The maximum absolute atomic E-state index is 12.0. The van der Waals surface area contributed by atoms with Crippen LogP contribution >= 0.6 is 11.6 Å². The van der Waals surface area contributed by atoms with Crippen molar-refractivity contribution in [1.82, 2.24) is 0 Å². The molecule has 0 aromatic heterocycles. The van der Waals surface area contributed by atoms with E-state index < -0.39 is 16.9 Å². The molecule has 0 aliphatic rings. The standard InChI is InChI=1S/C15H13ClN2O4/c1-10(15(19)17-12-8-6-11(16)7-9-12)22-14-5-3-2-4-13(14)18(20)21/h2-10H,1H3,(H,17,19)/t10-/m0/s1. The Hall–Kier alpha value is -2.60. The number of nitrogens with one attached hydrogen (secondary N) is 1. The molecule has 0 fully saturated rings. The molecule has 22 heavy (non-hydrogen) atoms. The van der Waals surface area contributed by atoms with Gasteiger partial charge in [-0.2, -0.15) is 0 Å². The van der Waals surface area contributed by atoms with E-state index in [1.807, 2.05) is 0 Å². The van der Waals surface area contributed by atoms with Gasteiger partial charge >= 0.3 is 5.69 Å². The van der Waals surface area contributed by atoms with Gasteiger partial charge in [0.1, 0.15) is 0 Å². The molecular formula is C15H13ClN2O4. The summed E-state index contributed by atoms with van der Waals surface area (Å²) in [6.07, 6.45) is -0.892. The number of nitrogens with zero attached hydrogens (tertiary/aromatic N) is 1. The summed E-state index contributed by atoms with van der Waals surface area (Å²) >= 11 is 5.76. The second-order valence-electron chi connectivity index (χ2n) is 4.48. The normalized spacial score (nSPS) is 11.5. The number of nitro groups is 1. The second kappa shape index (κ2) is 6.91. The van der Waals surface area contributed by atoms with Gasteiger partial charge in [0.2, 0.25) is 0 Å². The minimum atomic E-state index is -0.892. The summed E-state index contributed by atoms with van der Waals surface area (Å²) in [5.74, 6) is -0.369. The Bertz CT molecular complexity index is 688. The molecule has 0 aliphatic heterocycles. The SMILES string of the molecule is C[C@H](Oc1ccccc1[N+](=O)[O-])C(=O)Nc1ccc(Cl)cc1. The molecule has 2 rings (SSSR count). The average Bonchev–Trinajstić information content (AvgIpc) is 2.49. The summed E-state index contributed by atoms with van der Waals surface area (Å²) in [7, 11) is 0. The molecule has 7 heteroatoms. The van der Waals surface area contributed by atoms with Gasteiger partial charge in [0.15, 0.2) is 11.9 Å². The summed E-state index contributed by atoms with van der Waals surface area (Å²) in [4.78, 5) is 22.4. The Labute approximate surface area is 131 Å². The number of hydrogen-bond acceptors (Lipinski definition) is 4. The fourth-order valence-electron chi connectivity index (χ4n) is 1.73. The predicted molar refractivity (Wildman–Crippen MR) is 83.3 cm³/mol. The molecule has 0 spiro atoms. The molecule has 0 saturated heterocycles. The number of carbonyl (C=O) groups excluding carboxylic acids is 1. The zero-order chi connectivity index (χ0) is 16.1. The van der Waals surface area contributed by atoms with Gasteiger partial charge in [-0.05, 0) is 37.3 Å². The molecule has 0 radical (unpaired) electrons. The molecule has 0 bridgehead atoms. The van der Waals surface area contributed by atoms with Crippen LogP contribution in [-0.4, -0.2) is 16.9 Å². The predicted octanol–water partition coefficient (Wildman–Crippen LogP) is 3.65. The van der Waals surface area contributed by atoms with E-state index >= 15 is 0 Å². The number of amides is 1. The van der Waals surface area contributed by atoms with Crippen molar-refractivity contribution in [3.8, 4) is 5.75 Å². The highest BCUT2D eigenvalue weighted by Crippen LogP contribution is 2.27. The minimum Gasteiger partial charge on any atom is -0.474 e. The maximum Gasteiger partial charge on any atom is 0.310 e. The summed E-state index contributed by atoms with van der Waals surface area (Å²) < 4.78 is 5.38. The Morgan fingerprint density at radius 3 is 2.50 bits per heavy atom. The van der Waals surface area contributed by atoms with Crippen molar-refractivity contribution in [3.63, 3.8) is 0 Å². The van der Waals surface area contributed by atoms with Crippen LogP contribution in [0.15, 0.2) is 48.5 Å². The Balaban J connectivity index is 2.05. The highest BCUT2D eigenvalue weighted by Gasteiger charge is 2.20. The van der Waals surface area contributed by atoms with Crippen LogP contribution in [-0.2, 0) is 4.79 Å². The van der Waals surface area contributed by atoms with Crippen molar-refractivity contribution >= 4 is 28.9 Å². The topological polar surface area (TPSA) is 81.5 Å². The number of anilines is 1. The number of rotatable bonds is 5. The van der Waals surface area contributed by atoms with Gasteiger partial charge in [-0.15, -0.1) is 0 Å². The smallest absolute Gasteiger partial charge is 0.310 e. The lowest BCUT2D eigenvalue weighted by molar-refractivity contribution is -0.386. The van der Waals surface area contributed by atoms with Gasteiger partial charge in [0.25, 0.3) is 5.91 Å². The largest absolute Gasteiger partial charge is 0.474 e. The molecule has 6 nitrogen and oxygen atoms in total. The molecule has 114 valence electrons. The third-order valence-electron chi connectivity index (χ3n) is 2.85. The van der Waals surface area contributed by atoms with Gasteiger partial charge < -0.3 is 10.1 Å². The van der Waals surface area contributed by atoms with Gasteiger partial charge in [-0.25, -0.2) is 0 Å². The molecule has 1 amide bonds. The molecule has 0 saturated carbocycles. The third-order valence-corrected chi connectivity index (χ3v) is 3.10. The summed E-state index contributed by atoms with van der Waals surface area (Å²) in [6.45, 7) is 1.52. The average molecular weight is 321 g/mol. The van der Waals surface area contributed by atoms with Crippen molar-refractivity contribution in [1.29, 1.82) is 0 Å². The zero-order valence-corrected chi connectivity index (χ0v) is 12.4. The van der Waals surface area contributed by atoms with Crippen molar-refractivity contribution in [2.45, 2.75) is 13.0 Å². The lowest BCUT2D eigenvalue weighted by Gasteiger charge is -2.14. The number of benzene rings is 2. The molecule has 1 atom stereocenters. The van der Waals surface area contributed by atoms with Crippen LogP contribution in [0.5, 0.6) is 5.75 Å². The van der Waals surface area contributed by atoms with Crippen LogP contribution < -0.4 is 10.1 Å². The Morgan fingerprint density at radius 2 is 1.86 bits per heavy atom. The Morgan fingerprint density at radius 1 is 1.23 bits per heavy atom. The fourth-order valence-corrected chi connectivity index (χ4v) is 1.85. The molecule has 2 aromatic rings. The fraction of sp³-hybridized carbons (Fsp3) is 0.133. The molecule has 0 heterocycles. The van der Waals surface area contributed by atoms with Crippen molar-refractivity contribution < 1.29 is 14.5 Å². The van der Waals surface area contributed by atoms with Crippen LogP contribution in [0.2, 0.25) is 5.02 Å². The number of nitro benzene ring substituents is 1. The van der Waals surface area contributed by atoms with Crippen LogP contribution in [0.1, 0.15) is 6.92 Å². The first-order chi connectivity index (χ1) is 10.5. The molecule has 0 aliphatic carbocycles. The number of para-hydroxylation sites is 2. The van der Waals surface area contributed by atoms with E-state index in [9.17, 15) is 14.9 Å². The van der Waals surface area contributed by atoms with E-state index in [-0.39, 0.29) is 11.4 Å². The molecule has 1 N–H and O–H groups in total. The number of ether oxygens (including phenoxy) is 1. The monoisotopic (exact) mass is 320 g/mol. The van der Waals surface area contributed by atoms with Crippen LogP contribution in [0.3, 0.4) is 0 Å². The van der Waals surface area contributed by atoms with Gasteiger partial charge in [-0.3, -0.25) is 14.9 Å². The quantitative estimate of drug-likeness (QED) is 0.673. The maximum atomic E-state index is 12.0. The van der Waals surface area contributed by atoms with Gasteiger partial charge in [-0.1, -0.05) is 23.7 Å². The van der Waals surface area contributed by atoms with Crippen molar-refractivity contribution in [3.05, 3.63) is 63.7 Å². The van der Waals surface area contributed by atoms with Crippen LogP contribution in [0, 0.1) is 10.1 Å². The summed E-state index contributed by atoms with van der Waals surface area (Å²) in [6, 6.07) is 12.5. The van der Waals surface area contributed by atoms with E-state index in [0.717, 1.165) is 0 Å². The van der Waals surface area contributed by atoms with Gasteiger partial charge in [0.05, 0.1) is 4.92 Å². The first-order valence-electron chi connectivity index (χ1n) is 6.44. The summed E-state index contributed by atoms with van der Waals surface area (Å²) in [5.41, 5.74) is 0.376. The summed E-state index contributed by atoms with van der Waals surface area (Å²) in [5, 5.41) is 14.1. The van der Waals surface area contributed by atoms with E-state index in [1.54, 1.807) is 30.3 Å². The first kappa shape index (κ1) is 15.8. The van der Waals surface area contributed by atoms with E-state index in [4.69, 9.17) is 16.3 Å². The van der Waals surface area contributed by atoms with Gasteiger partial charge in [0, 0.05) is 16.8 Å². The first-order valence-corrected chi connectivity index (χ1v) is 6.81. The van der Waals surface area contributed by atoms with Crippen molar-refractivity contribution in [2.24, 2.45) is 0 Å². The number of halogens is 1. The Kier molecular flexibility index (Phi) is 4.95.